The van der Waals surface area contributed by atoms with Crippen molar-refractivity contribution >= 4 is 14.5 Å². The SMILES string of the molecule is CC1(C)CCC(C)(C)c2c1cc1c(c2P)C(C)(C)CCC1(C)C. The molecule has 1 atom stereocenters. The Morgan fingerprint density at radius 1 is 0.609 bits per heavy atom. The maximum atomic E-state index is 3.17. The van der Waals surface area contributed by atoms with Gasteiger partial charge < -0.3 is 0 Å². The highest BCUT2D eigenvalue weighted by Gasteiger charge is 2.44. The van der Waals surface area contributed by atoms with Crippen LogP contribution in [0.25, 0.3) is 0 Å². The number of rotatable bonds is 0. The molecule has 0 heterocycles. The molecule has 1 unspecified atom stereocenters. The van der Waals surface area contributed by atoms with E-state index in [1.54, 1.807) is 22.3 Å². The minimum absolute atomic E-state index is 0.286. The standard InChI is InChI=1S/C22H35P/c1-19(2)9-11-21(5,6)16-14(19)13-15-17(18(16)23)22(7,8)12-10-20(15,3)4/h13H,9-12,23H2,1-8H3. The summed E-state index contributed by atoms with van der Waals surface area (Å²) in [5.41, 5.74) is 7.65. The molecule has 2 aliphatic carbocycles. The van der Waals surface area contributed by atoms with Crippen LogP contribution in [0.1, 0.15) is 103 Å². The largest absolute Gasteiger partial charge is 0.105 e. The van der Waals surface area contributed by atoms with Gasteiger partial charge in [0.1, 0.15) is 0 Å². The third kappa shape index (κ3) is 2.52. The molecular weight excluding hydrogens is 295 g/mol. The summed E-state index contributed by atoms with van der Waals surface area (Å²) in [5.74, 6) is 0. The second kappa shape index (κ2) is 4.85. The van der Waals surface area contributed by atoms with Gasteiger partial charge in [0.15, 0.2) is 0 Å². The lowest BCUT2D eigenvalue weighted by molar-refractivity contribution is 0.315. The van der Waals surface area contributed by atoms with Gasteiger partial charge in [-0.15, -0.1) is 9.24 Å². The zero-order chi connectivity index (χ0) is 17.4. The summed E-state index contributed by atoms with van der Waals surface area (Å²) in [4.78, 5) is 0. The van der Waals surface area contributed by atoms with Crippen LogP contribution >= 0.6 is 9.24 Å². The number of hydrogen-bond acceptors (Lipinski definition) is 0. The van der Waals surface area contributed by atoms with Gasteiger partial charge in [-0.05, 0) is 74.9 Å². The van der Waals surface area contributed by atoms with Crippen LogP contribution < -0.4 is 5.30 Å². The Hall–Kier alpha value is -0.350. The average molecular weight is 330 g/mol. The number of fused-ring (bicyclic) bond motifs is 2. The molecular formula is C22H35P. The Morgan fingerprint density at radius 2 is 0.913 bits per heavy atom. The van der Waals surface area contributed by atoms with Crippen LogP contribution in [-0.4, -0.2) is 0 Å². The van der Waals surface area contributed by atoms with Gasteiger partial charge in [0.05, 0.1) is 0 Å². The van der Waals surface area contributed by atoms with Gasteiger partial charge in [0.25, 0.3) is 0 Å². The fourth-order valence-corrected chi connectivity index (χ4v) is 6.09. The lowest BCUT2D eigenvalue weighted by Crippen LogP contribution is -2.44. The lowest BCUT2D eigenvalue weighted by Gasteiger charge is -2.49. The van der Waals surface area contributed by atoms with Crippen molar-refractivity contribution in [3.8, 4) is 0 Å². The molecule has 0 aromatic heterocycles. The summed E-state index contributed by atoms with van der Waals surface area (Å²) in [5, 5.41) is 1.52. The summed E-state index contributed by atoms with van der Waals surface area (Å²) in [6.07, 6.45) is 5.16. The van der Waals surface area contributed by atoms with Gasteiger partial charge in [-0.1, -0.05) is 61.5 Å². The van der Waals surface area contributed by atoms with Crippen LogP contribution in [0, 0.1) is 0 Å². The fraction of sp³-hybridized carbons (Fsp3) is 0.727. The minimum atomic E-state index is 0.286. The first-order valence-electron chi connectivity index (χ1n) is 9.28. The van der Waals surface area contributed by atoms with E-state index in [0.29, 0.717) is 10.8 Å². The maximum absolute atomic E-state index is 3.17. The van der Waals surface area contributed by atoms with Gasteiger partial charge in [-0.2, -0.15) is 0 Å². The van der Waals surface area contributed by atoms with Crippen molar-refractivity contribution in [3.63, 3.8) is 0 Å². The van der Waals surface area contributed by atoms with Gasteiger partial charge >= 0.3 is 0 Å². The molecule has 0 fully saturated rings. The van der Waals surface area contributed by atoms with Gasteiger partial charge in [-0.3, -0.25) is 0 Å². The van der Waals surface area contributed by atoms with Crippen molar-refractivity contribution in [2.24, 2.45) is 0 Å². The minimum Gasteiger partial charge on any atom is -0.105 e. The van der Waals surface area contributed by atoms with Gasteiger partial charge in [0.2, 0.25) is 0 Å². The Balaban J connectivity index is 2.42. The molecule has 1 heteroatoms. The zero-order valence-electron chi connectivity index (χ0n) is 16.5. The predicted molar refractivity (Wildman–Crippen MR) is 106 cm³/mol. The lowest BCUT2D eigenvalue weighted by atomic mass is 9.57. The first kappa shape index (κ1) is 17.5. The van der Waals surface area contributed by atoms with Crippen LogP contribution in [0.4, 0.5) is 0 Å². The molecule has 23 heavy (non-hydrogen) atoms. The highest BCUT2D eigenvalue weighted by atomic mass is 31.0. The van der Waals surface area contributed by atoms with Crippen molar-refractivity contribution in [1.29, 1.82) is 0 Å². The van der Waals surface area contributed by atoms with E-state index in [1.165, 1.54) is 31.0 Å². The van der Waals surface area contributed by atoms with Gasteiger partial charge in [0, 0.05) is 0 Å². The third-order valence-electron chi connectivity index (χ3n) is 6.93. The van der Waals surface area contributed by atoms with Gasteiger partial charge in [-0.25, -0.2) is 0 Å². The highest BCUT2D eigenvalue weighted by molar-refractivity contribution is 7.27. The monoisotopic (exact) mass is 330 g/mol. The fourth-order valence-electron chi connectivity index (χ4n) is 5.00. The van der Waals surface area contributed by atoms with Crippen molar-refractivity contribution in [3.05, 3.63) is 28.3 Å². The van der Waals surface area contributed by atoms with Crippen LogP contribution in [0.5, 0.6) is 0 Å². The van der Waals surface area contributed by atoms with E-state index in [4.69, 9.17) is 0 Å². The second-order valence-electron chi connectivity index (χ2n) is 10.7. The molecule has 3 rings (SSSR count). The zero-order valence-corrected chi connectivity index (χ0v) is 17.6. The Labute approximate surface area is 146 Å². The van der Waals surface area contributed by atoms with E-state index in [1.807, 2.05) is 0 Å². The third-order valence-corrected chi connectivity index (χ3v) is 7.51. The van der Waals surface area contributed by atoms with Crippen molar-refractivity contribution in [1.82, 2.24) is 0 Å². The number of hydrogen-bond donors (Lipinski definition) is 0. The Kier molecular flexibility index (Phi) is 3.68. The second-order valence-corrected chi connectivity index (χ2v) is 11.2. The summed E-state index contributed by atoms with van der Waals surface area (Å²) in [6, 6.07) is 2.61. The molecule has 0 N–H and O–H groups in total. The average Bonchev–Trinajstić information content (AvgIpc) is 2.39. The first-order valence-corrected chi connectivity index (χ1v) is 9.86. The first-order chi connectivity index (χ1) is 10.3. The predicted octanol–water partition coefficient (Wildman–Crippen LogP) is 5.89. The van der Waals surface area contributed by atoms with Crippen LogP contribution in [0.3, 0.4) is 0 Å². The topological polar surface area (TPSA) is 0 Å². The molecule has 0 spiro atoms. The van der Waals surface area contributed by atoms with Crippen LogP contribution in [0.2, 0.25) is 0 Å². The summed E-state index contributed by atoms with van der Waals surface area (Å²) < 4.78 is 0. The molecule has 0 saturated carbocycles. The molecule has 0 saturated heterocycles. The quantitative estimate of drug-likeness (QED) is 0.521. The number of benzene rings is 1. The Morgan fingerprint density at radius 3 is 1.26 bits per heavy atom. The molecule has 0 amide bonds. The summed E-state index contributed by atoms with van der Waals surface area (Å²) >= 11 is 0. The van der Waals surface area contributed by atoms with Crippen molar-refractivity contribution in [2.45, 2.75) is 103 Å². The molecule has 0 bridgehead atoms. The van der Waals surface area contributed by atoms with E-state index in [2.05, 4.69) is 70.7 Å². The van der Waals surface area contributed by atoms with Crippen molar-refractivity contribution in [2.75, 3.05) is 0 Å². The van der Waals surface area contributed by atoms with E-state index in [-0.39, 0.29) is 10.8 Å². The molecule has 0 aliphatic heterocycles. The summed E-state index contributed by atoms with van der Waals surface area (Å²) in [6.45, 7) is 19.6. The van der Waals surface area contributed by atoms with E-state index >= 15 is 0 Å². The molecule has 128 valence electrons. The summed E-state index contributed by atoms with van der Waals surface area (Å²) in [7, 11) is 3.17. The maximum Gasteiger partial charge on any atom is -0.00941 e. The van der Waals surface area contributed by atoms with Crippen LogP contribution in [-0.2, 0) is 21.7 Å². The van der Waals surface area contributed by atoms with Crippen molar-refractivity contribution < 1.29 is 0 Å². The molecule has 1 aromatic carbocycles. The molecule has 0 radical (unpaired) electrons. The van der Waals surface area contributed by atoms with E-state index < -0.39 is 0 Å². The molecule has 1 aromatic rings. The molecule has 2 aliphatic rings. The van der Waals surface area contributed by atoms with E-state index in [0.717, 1.165) is 0 Å². The van der Waals surface area contributed by atoms with E-state index in [9.17, 15) is 0 Å². The Bertz CT molecular complexity index is 605. The molecule has 0 nitrogen and oxygen atoms in total. The van der Waals surface area contributed by atoms with Crippen LogP contribution in [0.15, 0.2) is 6.07 Å². The smallest absolute Gasteiger partial charge is 0.00941 e. The normalized spacial score (nSPS) is 26.3. The highest BCUT2D eigenvalue weighted by Crippen LogP contribution is 2.52.